The van der Waals surface area contributed by atoms with Crippen LogP contribution in [-0.4, -0.2) is 35.4 Å². The number of hydrogen-bond acceptors (Lipinski definition) is 3. The van der Waals surface area contributed by atoms with E-state index in [9.17, 15) is 9.90 Å². The molecule has 3 nitrogen and oxygen atoms in total. The van der Waals surface area contributed by atoms with Crippen molar-refractivity contribution in [2.45, 2.75) is 25.4 Å². The maximum absolute atomic E-state index is 11.9. The van der Waals surface area contributed by atoms with E-state index in [1.54, 1.807) is 6.92 Å². The second kappa shape index (κ2) is 7.98. The molecule has 0 bridgehead atoms. The van der Waals surface area contributed by atoms with E-state index >= 15 is 0 Å². The van der Waals surface area contributed by atoms with Gasteiger partial charge in [-0.2, -0.15) is 0 Å². The molecular formula is C23H27NO2. The molecule has 136 valence electrons. The van der Waals surface area contributed by atoms with Crippen molar-refractivity contribution in [2.24, 2.45) is 5.92 Å². The third-order valence-electron chi connectivity index (χ3n) is 5.51. The van der Waals surface area contributed by atoms with E-state index < -0.39 is 5.60 Å². The molecule has 0 aliphatic carbocycles. The maximum atomic E-state index is 11.9. The predicted molar refractivity (Wildman–Crippen MR) is 105 cm³/mol. The topological polar surface area (TPSA) is 40.5 Å². The van der Waals surface area contributed by atoms with Gasteiger partial charge in [-0.15, -0.1) is 6.58 Å². The number of carbonyl (C=O) groups excluding carboxylic acids is 1. The zero-order valence-electron chi connectivity index (χ0n) is 15.4. The van der Waals surface area contributed by atoms with Crippen molar-refractivity contribution in [1.29, 1.82) is 0 Å². The molecule has 1 N–H and O–H groups in total. The minimum absolute atomic E-state index is 0.0394. The fourth-order valence-electron chi connectivity index (χ4n) is 4.01. The van der Waals surface area contributed by atoms with E-state index in [0.29, 0.717) is 5.56 Å². The van der Waals surface area contributed by atoms with Crippen molar-refractivity contribution in [2.75, 3.05) is 19.6 Å². The molecule has 1 aliphatic rings. The average Bonchev–Trinajstić information content (AvgIpc) is 2.69. The Bertz CT molecular complexity index is 746. The van der Waals surface area contributed by atoms with E-state index in [4.69, 9.17) is 0 Å². The lowest BCUT2D eigenvalue weighted by atomic mass is 9.72. The minimum atomic E-state index is -1.04. The largest absolute Gasteiger partial charge is 0.380 e. The molecule has 1 heterocycles. The van der Waals surface area contributed by atoms with Gasteiger partial charge >= 0.3 is 0 Å². The number of benzene rings is 2. The minimum Gasteiger partial charge on any atom is -0.380 e. The Balaban J connectivity index is 1.95. The summed E-state index contributed by atoms with van der Waals surface area (Å²) in [6.45, 7) is 8.19. The third-order valence-corrected chi connectivity index (χ3v) is 5.51. The number of nitrogens with zero attached hydrogens (tertiary/aromatic N) is 1. The van der Waals surface area contributed by atoms with Gasteiger partial charge in [0.25, 0.3) is 0 Å². The summed E-state index contributed by atoms with van der Waals surface area (Å²) in [4.78, 5) is 14.0. The van der Waals surface area contributed by atoms with Crippen molar-refractivity contribution in [3.8, 4) is 0 Å². The van der Waals surface area contributed by atoms with Gasteiger partial charge in [-0.1, -0.05) is 60.7 Å². The summed E-state index contributed by atoms with van der Waals surface area (Å²) in [5, 5.41) is 11.9. The summed E-state index contributed by atoms with van der Waals surface area (Å²) in [7, 11) is 0. The van der Waals surface area contributed by atoms with Gasteiger partial charge in [-0.25, -0.2) is 0 Å². The van der Waals surface area contributed by atoms with E-state index in [-0.39, 0.29) is 11.7 Å². The molecule has 0 aromatic heterocycles. The summed E-state index contributed by atoms with van der Waals surface area (Å²) in [5.74, 6) is 0.173. The Labute approximate surface area is 156 Å². The molecule has 0 saturated carbocycles. The molecule has 2 aromatic carbocycles. The Kier molecular flexibility index (Phi) is 5.70. The highest BCUT2D eigenvalue weighted by Gasteiger charge is 2.41. The quantitative estimate of drug-likeness (QED) is 0.632. The van der Waals surface area contributed by atoms with E-state index in [1.165, 1.54) is 0 Å². The lowest BCUT2D eigenvalue weighted by Crippen LogP contribution is -2.44. The van der Waals surface area contributed by atoms with Gasteiger partial charge in [0.05, 0.1) is 0 Å². The lowest BCUT2D eigenvalue weighted by molar-refractivity contribution is -0.0127. The molecule has 26 heavy (non-hydrogen) atoms. The first-order valence-electron chi connectivity index (χ1n) is 9.28. The van der Waals surface area contributed by atoms with Crippen molar-refractivity contribution in [1.82, 2.24) is 4.90 Å². The number of rotatable bonds is 6. The van der Waals surface area contributed by atoms with Gasteiger partial charge < -0.3 is 5.11 Å². The van der Waals surface area contributed by atoms with Crippen molar-refractivity contribution in [3.63, 3.8) is 0 Å². The number of Topliss-reactive ketones (excluding diaryl/α,β-unsaturated/α-hetero) is 1. The van der Waals surface area contributed by atoms with Crippen LogP contribution in [0.5, 0.6) is 0 Å². The SMILES string of the molecule is C=CCN1CCC(C(O)(c2ccccc2)c2ccc(C(C)=O)cc2)CC1. The number of piperidine rings is 1. The molecule has 0 spiro atoms. The predicted octanol–water partition coefficient (Wildman–Crippen LogP) is 4.02. The zero-order valence-corrected chi connectivity index (χ0v) is 15.4. The van der Waals surface area contributed by atoms with Gasteiger partial charge in [0.15, 0.2) is 5.78 Å². The van der Waals surface area contributed by atoms with Gasteiger partial charge in [0.2, 0.25) is 0 Å². The first kappa shape index (κ1) is 18.6. The fraction of sp³-hybridized carbons (Fsp3) is 0.348. The van der Waals surface area contributed by atoms with Crippen LogP contribution in [0.25, 0.3) is 0 Å². The highest BCUT2D eigenvalue weighted by Crippen LogP contribution is 2.42. The monoisotopic (exact) mass is 349 g/mol. The first-order chi connectivity index (χ1) is 12.6. The fourth-order valence-corrected chi connectivity index (χ4v) is 4.01. The summed E-state index contributed by atoms with van der Waals surface area (Å²) < 4.78 is 0. The van der Waals surface area contributed by atoms with Crippen LogP contribution in [0, 0.1) is 5.92 Å². The van der Waals surface area contributed by atoms with Crippen LogP contribution >= 0.6 is 0 Å². The smallest absolute Gasteiger partial charge is 0.159 e. The van der Waals surface area contributed by atoms with E-state index in [0.717, 1.165) is 43.6 Å². The second-order valence-electron chi connectivity index (χ2n) is 7.13. The maximum Gasteiger partial charge on any atom is 0.159 e. The summed E-state index contributed by atoms with van der Waals surface area (Å²) >= 11 is 0. The van der Waals surface area contributed by atoms with Crippen LogP contribution in [-0.2, 0) is 5.60 Å². The number of ketones is 1. The van der Waals surface area contributed by atoms with Crippen LogP contribution in [0.15, 0.2) is 67.3 Å². The van der Waals surface area contributed by atoms with Gasteiger partial charge in [-0.3, -0.25) is 9.69 Å². The van der Waals surface area contributed by atoms with Crippen LogP contribution < -0.4 is 0 Å². The molecule has 0 radical (unpaired) electrons. The highest BCUT2D eigenvalue weighted by atomic mass is 16.3. The second-order valence-corrected chi connectivity index (χ2v) is 7.13. The normalized spacial score (nSPS) is 18.2. The van der Waals surface area contributed by atoms with Crippen molar-refractivity contribution >= 4 is 5.78 Å². The van der Waals surface area contributed by atoms with Crippen LogP contribution in [0.4, 0.5) is 0 Å². The molecule has 1 aliphatic heterocycles. The number of hydrogen-bond donors (Lipinski definition) is 1. The lowest BCUT2D eigenvalue weighted by Gasteiger charge is -2.42. The zero-order chi connectivity index (χ0) is 18.6. The van der Waals surface area contributed by atoms with Gasteiger partial charge in [0.1, 0.15) is 5.60 Å². The Morgan fingerprint density at radius 3 is 2.23 bits per heavy atom. The van der Waals surface area contributed by atoms with Gasteiger partial charge in [0, 0.05) is 12.1 Å². The Morgan fingerprint density at radius 1 is 1.12 bits per heavy atom. The Hall–Kier alpha value is -2.23. The number of carbonyl (C=O) groups is 1. The first-order valence-corrected chi connectivity index (χ1v) is 9.28. The molecule has 3 rings (SSSR count). The average molecular weight is 349 g/mol. The number of likely N-dealkylation sites (tertiary alicyclic amines) is 1. The van der Waals surface area contributed by atoms with Crippen LogP contribution in [0.3, 0.4) is 0 Å². The number of aliphatic hydroxyl groups is 1. The Morgan fingerprint density at radius 2 is 1.69 bits per heavy atom. The van der Waals surface area contributed by atoms with Gasteiger partial charge in [-0.05, 0) is 49.9 Å². The highest BCUT2D eigenvalue weighted by molar-refractivity contribution is 5.94. The standard InChI is InChI=1S/C23H27NO2/c1-3-15-24-16-13-22(14-17-24)23(26,20-7-5-4-6-8-20)21-11-9-19(10-12-21)18(2)25/h3-12,22,26H,1,13-17H2,2H3. The molecule has 1 unspecified atom stereocenters. The summed E-state index contributed by atoms with van der Waals surface area (Å²) in [6.07, 6.45) is 3.78. The molecule has 1 saturated heterocycles. The summed E-state index contributed by atoms with van der Waals surface area (Å²) in [6, 6.07) is 17.3. The van der Waals surface area contributed by atoms with Crippen LogP contribution in [0.2, 0.25) is 0 Å². The third kappa shape index (κ3) is 3.64. The molecule has 2 aromatic rings. The van der Waals surface area contributed by atoms with Crippen molar-refractivity contribution < 1.29 is 9.90 Å². The summed E-state index contributed by atoms with van der Waals surface area (Å²) in [5.41, 5.74) is 1.40. The van der Waals surface area contributed by atoms with E-state index in [2.05, 4.69) is 11.5 Å². The molecule has 1 fully saturated rings. The molecule has 3 heteroatoms. The van der Waals surface area contributed by atoms with Crippen LogP contribution in [0.1, 0.15) is 41.3 Å². The van der Waals surface area contributed by atoms with E-state index in [1.807, 2.05) is 60.7 Å². The van der Waals surface area contributed by atoms with Crippen molar-refractivity contribution in [3.05, 3.63) is 83.9 Å². The molecule has 0 amide bonds. The molecule has 1 atom stereocenters. The molecular weight excluding hydrogens is 322 g/mol.